The summed E-state index contributed by atoms with van der Waals surface area (Å²) in [5.74, 6) is 0.316. The van der Waals surface area contributed by atoms with Gasteiger partial charge in [0.25, 0.3) is 0 Å². The van der Waals surface area contributed by atoms with Crippen LogP contribution in [-0.2, 0) is 7.05 Å². The van der Waals surface area contributed by atoms with E-state index in [0.29, 0.717) is 12.4 Å². The van der Waals surface area contributed by atoms with E-state index < -0.39 is 4.92 Å². The predicted molar refractivity (Wildman–Crippen MR) is 82.7 cm³/mol. The Bertz CT molecular complexity index is 597. The van der Waals surface area contributed by atoms with Crippen LogP contribution >= 0.6 is 0 Å². The molecule has 112 valence electrons. The lowest BCUT2D eigenvalue weighted by Crippen LogP contribution is -2.21. The van der Waals surface area contributed by atoms with E-state index in [2.05, 4.69) is 27.3 Å². The third-order valence-electron chi connectivity index (χ3n) is 3.25. The Morgan fingerprint density at radius 3 is 2.76 bits per heavy atom. The first-order chi connectivity index (χ1) is 10.1. The standard InChI is InChI=1S/C14H19N5O2/c1-17(12-7-4-3-5-8-12)10-6-9-15-13-14(19(20)21)16-11-18(13)2/h3-5,7-8,11,15H,6,9-10H2,1-2H3. The number of imidazole rings is 1. The van der Waals surface area contributed by atoms with E-state index in [1.165, 1.54) is 6.33 Å². The Balaban J connectivity index is 1.83. The normalized spacial score (nSPS) is 10.4. The second-order valence-electron chi connectivity index (χ2n) is 4.82. The number of hydrogen-bond donors (Lipinski definition) is 1. The minimum Gasteiger partial charge on any atom is -0.375 e. The Hall–Kier alpha value is -2.57. The molecule has 0 aliphatic rings. The van der Waals surface area contributed by atoms with Crippen LogP contribution < -0.4 is 10.2 Å². The Morgan fingerprint density at radius 1 is 1.38 bits per heavy atom. The molecule has 0 amide bonds. The molecule has 0 aliphatic carbocycles. The molecule has 0 saturated heterocycles. The van der Waals surface area contributed by atoms with Crippen LogP contribution in [0.25, 0.3) is 0 Å². The maximum absolute atomic E-state index is 10.8. The summed E-state index contributed by atoms with van der Waals surface area (Å²) in [6.45, 7) is 1.51. The fourth-order valence-corrected chi connectivity index (χ4v) is 2.09. The number of aromatic nitrogens is 2. The zero-order valence-corrected chi connectivity index (χ0v) is 12.2. The monoisotopic (exact) mass is 289 g/mol. The number of anilines is 2. The molecule has 0 bridgehead atoms. The number of nitrogens with zero attached hydrogens (tertiary/aromatic N) is 4. The summed E-state index contributed by atoms with van der Waals surface area (Å²) in [4.78, 5) is 16.3. The minimum atomic E-state index is -0.474. The second kappa shape index (κ2) is 6.74. The van der Waals surface area contributed by atoms with Crippen LogP contribution in [0.1, 0.15) is 6.42 Å². The largest absolute Gasteiger partial charge is 0.406 e. The fourth-order valence-electron chi connectivity index (χ4n) is 2.09. The van der Waals surface area contributed by atoms with Gasteiger partial charge in [0.05, 0.1) is 0 Å². The highest BCUT2D eigenvalue weighted by Crippen LogP contribution is 2.20. The minimum absolute atomic E-state index is 0.131. The van der Waals surface area contributed by atoms with Crippen LogP contribution in [0.3, 0.4) is 0 Å². The van der Waals surface area contributed by atoms with E-state index in [1.807, 2.05) is 25.2 Å². The van der Waals surface area contributed by atoms with Crippen LogP contribution in [0.2, 0.25) is 0 Å². The second-order valence-corrected chi connectivity index (χ2v) is 4.82. The van der Waals surface area contributed by atoms with Crippen molar-refractivity contribution in [1.29, 1.82) is 0 Å². The Kier molecular flexibility index (Phi) is 4.76. The van der Waals surface area contributed by atoms with Gasteiger partial charge in [0.2, 0.25) is 12.1 Å². The van der Waals surface area contributed by atoms with Gasteiger partial charge >= 0.3 is 5.82 Å². The third-order valence-corrected chi connectivity index (χ3v) is 3.25. The summed E-state index contributed by atoms with van der Waals surface area (Å²) < 4.78 is 1.62. The molecule has 0 atom stereocenters. The van der Waals surface area contributed by atoms with Crippen LogP contribution in [-0.4, -0.2) is 34.6 Å². The summed E-state index contributed by atoms with van der Waals surface area (Å²) in [5.41, 5.74) is 1.16. The van der Waals surface area contributed by atoms with Gasteiger partial charge in [-0.05, 0) is 28.5 Å². The summed E-state index contributed by atoms with van der Waals surface area (Å²) in [7, 11) is 3.76. The number of nitrogens with one attached hydrogen (secondary N) is 1. The SMILES string of the molecule is CN(CCCNc1c([N+](=O)[O-])ncn1C)c1ccccc1. The van der Waals surface area contributed by atoms with Crippen molar-refractivity contribution in [3.8, 4) is 0 Å². The van der Waals surface area contributed by atoms with Gasteiger partial charge in [-0.25, -0.2) is 0 Å². The molecule has 1 aromatic carbocycles. The molecule has 0 aliphatic heterocycles. The van der Waals surface area contributed by atoms with Gasteiger partial charge in [-0.2, -0.15) is 0 Å². The van der Waals surface area contributed by atoms with Crippen molar-refractivity contribution in [3.05, 3.63) is 46.8 Å². The Morgan fingerprint density at radius 2 is 2.10 bits per heavy atom. The zero-order chi connectivity index (χ0) is 15.2. The molecular formula is C14H19N5O2. The van der Waals surface area contributed by atoms with Crippen molar-refractivity contribution < 1.29 is 4.92 Å². The molecular weight excluding hydrogens is 270 g/mol. The van der Waals surface area contributed by atoms with Gasteiger partial charge in [0.15, 0.2) is 0 Å². The average Bonchev–Trinajstić information content (AvgIpc) is 2.85. The van der Waals surface area contributed by atoms with E-state index in [4.69, 9.17) is 0 Å². The van der Waals surface area contributed by atoms with Gasteiger partial charge in [-0.3, -0.25) is 4.57 Å². The average molecular weight is 289 g/mol. The first-order valence-corrected chi connectivity index (χ1v) is 6.75. The Labute approximate surface area is 123 Å². The van der Waals surface area contributed by atoms with Crippen molar-refractivity contribution in [2.24, 2.45) is 7.05 Å². The predicted octanol–water partition coefficient (Wildman–Crippen LogP) is 2.27. The number of aryl methyl sites for hydroxylation is 1. The van der Waals surface area contributed by atoms with Gasteiger partial charge in [-0.15, -0.1) is 0 Å². The lowest BCUT2D eigenvalue weighted by molar-refractivity contribution is -0.388. The van der Waals surface area contributed by atoms with Crippen molar-refractivity contribution in [2.45, 2.75) is 6.42 Å². The van der Waals surface area contributed by atoms with Crippen molar-refractivity contribution >= 4 is 17.3 Å². The summed E-state index contributed by atoms with van der Waals surface area (Å²) in [6, 6.07) is 10.1. The van der Waals surface area contributed by atoms with E-state index in [1.54, 1.807) is 11.6 Å². The van der Waals surface area contributed by atoms with Gasteiger partial charge in [0, 0.05) is 32.9 Å². The summed E-state index contributed by atoms with van der Waals surface area (Å²) >= 11 is 0. The molecule has 2 rings (SSSR count). The maximum atomic E-state index is 10.8. The molecule has 0 fully saturated rings. The topological polar surface area (TPSA) is 76.2 Å². The molecule has 21 heavy (non-hydrogen) atoms. The highest BCUT2D eigenvalue weighted by molar-refractivity contribution is 5.52. The zero-order valence-electron chi connectivity index (χ0n) is 12.2. The van der Waals surface area contributed by atoms with E-state index in [-0.39, 0.29) is 5.82 Å². The maximum Gasteiger partial charge on any atom is 0.406 e. The van der Waals surface area contributed by atoms with Gasteiger partial charge in [0.1, 0.15) is 0 Å². The van der Waals surface area contributed by atoms with Crippen molar-refractivity contribution in [1.82, 2.24) is 9.55 Å². The smallest absolute Gasteiger partial charge is 0.375 e. The molecule has 7 nitrogen and oxygen atoms in total. The molecule has 1 N–H and O–H groups in total. The molecule has 0 unspecified atom stereocenters. The van der Waals surface area contributed by atoms with Crippen molar-refractivity contribution in [2.75, 3.05) is 30.4 Å². The van der Waals surface area contributed by atoms with Crippen LogP contribution in [0.5, 0.6) is 0 Å². The van der Waals surface area contributed by atoms with Crippen LogP contribution in [0, 0.1) is 10.1 Å². The van der Waals surface area contributed by atoms with E-state index in [0.717, 1.165) is 18.7 Å². The lowest BCUT2D eigenvalue weighted by Gasteiger charge is -2.19. The summed E-state index contributed by atoms with van der Waals surface area (Å²) in [6.07, 6.45) is 2.31. The van der Waals surface area contributed by atoms with Gasteiger partial charge in [-0.1, -0.05) is 18.2 Å². The number of rotatable bonds is 7. The van der Waals surface area contributed by atoms with E-state index >= 15 is 0 Å². The molecule has 2 aromatic rings. The highest BCUT2D eigenvalue weighted by Gasteiger charge is 2.19. The number of hydrogen-bond acceptors (Lipinski definition) is 5. The van der Waals surface area contributed by atoms with E-state index in [9.17, 15) is 10.1 Å². The van der Waals surface area contributed by atoms with Crippen molar-refractivity contribution in [3.63, 3.8) is 0 Å². The van der Waals surface area contributed by atoms with Crippen LogP contribution in [0.15, 0.2) is 36.7 Å². The number of nitro groups is 1. The summed E-state index contributed by atoms with van der Waals surface area (Å²) in [5, 5.41) is 13.9. The third kappa shape index (κ3) is 3.71. The number of benzene rings is 1. The molecule has 0 radical (unpaired) electrons. The quantitative estimate of drug-likeness (QED) is 0.480. The first-order valence-electron chi connectivity index (χ1n) is 6.75. The highest BCUT2D eigenvalue weighted by atomic mass is 16.6. The van der Waals surface area contributed by atoms with Crippen LogP contribution in [0.4, 0.5) is 17.3 Å². The number of para-hydroxylation sites is 1. The first kappa shape index (κ1) is 14.8. The lowest BCUT2D eigenvalue weighted by atomic mass is 10.3. The molecule has 1 aromatic heterocycles. The molecule has 0 spiro atoms. The molecule has 1 heterocycles. The fraction of sp³-hybridized carbons (Fsp3) is 0.357. The molecule has 7 heteroatoms. The molecule has 0 saturated carbocycles. The van der Waals surface area contributed by atoms with Gasteiger partial charge < -0.3 is 20.3 Å².